The van der Waals surface area contributed by atoms with Gasteiger partial charge in [0.1, 0.15) is 11.2 Å². The van der Waals surface area contributed by atoms with Gasteiger partial charge in [0, 0.05) is 44.0 Å². The lowest BCUT2D eigenvalue weighted by molar-refractivity contribution is 0.669. The van der Waals surface area contributed by atoms with Crippen molar-refractivity contribution < 1.29 is 4.42 Å². The molecular formula is C52H34N2O. The van der Waals surface area contributed by atoms with Gasteiger partial charge in [-0.1, -0.05) is 140 Å². The molecule has 0 aliphatic carbocycles. The number of anilines is 3. The van der Waals surface area contributed by atoms with E-state index >= 15 is 0 Å². The minimum absolute atomic E-state index is 0.889. The molecule has 0 amide bonds. The Morgan fingerprint density at radius 1 is 0.364 bits per heavy atom. The SMILES string of the molecule is c1ccc(-n2c3ccccc3c3ccc(N(c4ccccc4-c4ccc5ccccc5c4)c4ccccc4-c4ccc5oc6ccccc6c5c4)cc32)cc1. The van der Waals surface area contributed by atoms with Gasteiger partial charge in [-0.05, 0) is 88.6 Å². The molecule has 258 valence electrons. The predicted octanol–water partition coefficient (Wildman–Crippen LogP) is 14.6. The van der Waals surface area contributed by atoms with Crippen molar-refractivity contribution in [3.8, 4) is 27.9 Å². The molecule has 0 radical (unpaired) electrons. The van der Waals surface area contributed by atoms with Gasteiger partial charge >= 0.3 is 0 Å². The molecule has 2 heterocycles. The van der Waals surface area contributed by atoms with Crippen LogP contribution in [0.3, 0.4) is 0 Å². The summed E-state index contributed by atoms with van der Waals surface area (Å²) in [6.45, 7) is 0. The Kier molecular flexibility index (Phi) is 7.17. The number of para-hydroxylation sites is 5. The number of hydrogen-bond acceptors (Lipinski definition) is 2. The van der Waals surface area contributed by atoms with E-state index in [1.54, 1.807) is 0 Å². The average Bonchev–Trinajstić information content (AvgIpc) is 3.79. The Bertz CT molecular complexity index is 3220. The summed E-state index contributed by atoms with van der Waals surface area (Å²) in [5.41, 5.74) is 13.1. The summed E-state index contributed by atoms with van der Waals surface area (Å²) in [5, 5.41) is 7.13. The van der Waals surface area contributed by atoms with Gasteiger partial charge in [-0.2, -0.15) is 0 Å². The second-order valence-corrected chi connectivity index (χ2v) is 14.1. The fourth-order valence-corrected chi connectivity index (χ4v) is 8.44. The quantitative estimate of drug-likeness (QED) is 0.172. The fraction of sp³-hybridized carbons (Fsp3) is 0. The third-order valence-electron chi connectivity index (χ3n) is 11.0. The number of aromatic nitrogens is 1. The Morgan fingerprint density at radius 2 is 0.964 bits per heavy atom. The number of fused-ring (bicyclic) bond motifs is 7. The van der Waals surface area contributed by atoms with Crippen molar-refractivity contribution in [3.63, 3.8) is 0 Å². The van der Waals surface area contributed by atoms with Crippen molar-refractivity contribution in [1.29, 1.82) is 0 Å². The molecule has 0 spiro atoms. The smallest absolute Gasteiger partial charge is 0.135 e. The highest BCUT2D eigenvalue weighted by Crippen LogP contribution is 2.47. The van der Waals surface area contributed by atoms with Gasteiger partial charge in [-0.25, -0.2) is 0 Å². The summed E-state index contributed by atoms with van der Waals surface area (Å²) in [6, 6.07) is 74.2. The van der Waals surface area contributed by atoms with Crippen LogP contribution >= 0.6 is 0 Å². The lowest BCUT2D eigenvalue weighted by Gasteiger charge is -2.30. The molecule has 55 heavy (non-hydrogen) atoms. The topological polar surface area (TPSA) is 21.3 Å². The third-order valence-corrected chi connectivity index (χ3v) is 11.0. The predicted molar refractivity (Wildman–Crippen MR) is 231 cm³/mol. The van der Waals surface area contributed by atoms with Crippen LogP contribution in [0.25, 0.3) is 82.5 Å². The first-order valence-electron chi connectivity index (χ1n) is 18.8. The van der Waals surface area contributed by atoms with Crippen LogP contribution in [-0.4, -0.2) is 4.57 Å². The molecule has 0 saturated carbocycles. The van der Waals surface area contributed by atoms with E-state index in [2.05, 4.69) is 204 Å². The van der Waals surface area contributed by atoms with Gasteiger partial charge in [-0.3, -0.25) is 0 Å². The van der Waals surface area contributed by atoms with E-state index in [-0.39, 0.29) is 0 Å². The maximum atomic E-state index is 6.26. The molecule has 0 atom stereocenters. The van der Waals surface area contributed by atoms with Crippen LogP contribution in [0, 0.1) is 0 Å². The van der Waals surface area contributed by atoms with Crippen molar-refractivity contribution in [2.45, 2.75) is 0 Å². The maximum Gasteiger partial charge on any atom is 0.135 e. The lowest BCUT2D eigenvalue weighted by atomic mass is 9.96. The Balaban J connectivity index is 1.19. The monoisotopic (exact) mass is 702 g/mol. The molecule has 0 fully saturated rings. The minimum Gasteiger partial charge on any atom is -0.456 e. The van der Waals surface area contributed by atoms with Crippen molar-refractivity contribution in [1.82, 2.24) is 4.57 Å². The number of nitrogens with zero attached hydrogens (tertiary/aromatic N) is 2. The zero-order valence-corrected chi connectivity index (χ0v) is 29.9. The highest BCUT2D eigenvalue weighted by molar-refractivity contribution is 6.11. The molecule has 0 aliphatic rings. The molecule has 3 heteroatoms. The van der Waals surface area contributed by atoms with Crippen molar-refractivity contribution >= 4 is 71.6 Å². The largest absolute Gasteiger partial charge is 0.456 e. The highest BCUT2D eigenvalue weighted by atomic mass is 16.3. The van der Waals surface area contributed by atoms with E-state index in [4.69, 9.17) is 4.42 Å². The van der Waals surface area contributed by atoms with E-state index in [1.807, 2.05) is 12.1 Å². The number of furan rings is 1. The van der Waals surface area contributed by atoms with Crippen LogP contribution in [0.15, 0.2) is 211 Å². The van der Waals surface area contributed by atoms with Crippen LogP contribution in [0.1, 0.15) is 0 Å². The molecule has 2 aromatic heterocycles. The summed E-state index contributed by atoms with van der Waals surface area (Å²) < 4.78 is 8.65. The van der Waals surface area contributed by atoms with Crippen LogP contribution in [-0.2, 0) is 0 Å². The Hall–Kier alpha value is -7.36. The van der Waals surface area contributed by atoms with Crippen LogP contribution in [0.4, 0.5) is 17.1 Å². The molecule has 3 nitrogen and oxygen atoms in total. The standard InChI is InChI=1S/C52H34N2O/c1-2-16-39(17-3-1)53-49-24-12-8-20-43(49)44-30-29-40(34-50(44)53)54(47-22-10-6-18-41(47)37-27-26-35-14-4-5-15-36(35)32-37)48-23-11-7-19-42(48)38-28-31-52-46(33-38)45-21-9-13-25-51(45)55-52/h1-34H. The molecule has 0 unspecified atom stereocenters. The number of benzene rings is 9. The van der Waals surface area contributed by atoms with E-state index in [0.717, 1.165) is 66.9 Å². The molecular weight excluding hydrogens is 669 g/mol. The van der Waals surface area contributed by atoms with Crippen LogP contribution in [0.2, 0.25) is 0 Å². The van der Waals surface area contributed by atoms with E-state index in [9.17, 15) is 0 Å². The Labute approximate surface area is 318 Å². The van der Waals surface area contributed by atoms with Crippen molar-refractivity contribution in [2.24, 2.45) is 0 Å². The maximum absolute atomic E-state index is 6.26. The van der Waals surface area contributed by atoms with Crippen LogP contribution in [0.5, 0.6) is 0 Å². The molecule has 11 rings (SSSR count). The summed E-state index contributed by atoms with van der Waals surface area (Å²) in [5.74, 6) is 0. The molecule has 11 aromatic rings. The van der Waals surface area contributed by atoms with E-state index in [0.29, 0.717) is 0 Å². The number of hydrogen-bond donors (Lipinski definition) is 0. The molecule has 9 aromatic carbocycles. The second kappa shape index (κ2) is 12.6. The van der Waals surface area contributed by atoms with Crippen molar-refractivity contribution in [3.05, 3.63) is 206 Å². The molecule has 0 saturated heterocycles. The summed E-state index contributed by atoms with van der Waals surface area (Å²) in [6.07, 6.45) is 0. The highest BCUT2D eigenvalue weighted by Gasteiger charge is 2.23. The average molecular weight is 703 g/mol. The molecule has 0 aliphatic heterocycles. The first-order valence-corrected chi connectivity index (χ1v) is 18.8. The summed E-state index contributed by atoms with van der Waals surface area (Å²) in [7, 11) is 0. The first-order chi connectivity index (χ1) is 27.3. The van der Waals surface area contributed by atoms with Gasteiger partial charge < -0.3 is 13.9 Å². The minimum atomic E-state index is 0.889. The first kappa shape index (κ1) is 31.2. The normalized spacial score (nSPS) is 11.6. The van der Waals surface area contributed by atoms with E-state index < -0.39 is 0 Å². The zero-order valence-electron chi connectivity index (χ0n) is 29.9. The molecule has 0 bridgehead atoms. The summed E-state index contributed by atoms with van der Waals surface area (Å²) in [4.78, 5) is 2.45. The van der Waals surface area contributed by atoms with Gasteiger partial charge in [0.2, 0.25) is 0 Å². The zero-order chi connectivity index (χ0) is 36.3. The number of rotatable bonds is 6. The second-order valence-electron chi connectivity index (χ2n) is 14.1. The lowest BCUT2D eigenvalue weighted by Crippen LogP contribution is -2.12. The van der Waals surface area contributed by atoms with Crippen molar-refractivity contribution in [2.75, 3.05) is 4.90 Å². The summed E-state index contributed by atoms with van der Waals surface area (Å²) >= 11 is 0. The fourth-order valence-electron chi connectivity index (χ4n) is 8.44. The molecule has 0 N–H and O–H groups in total. The van der Waals surface area contributed by atoms with Gasteiger partial charge in [0.05, 0.1) is 22.4 Å². The van der Waals surface area contributed by atoms with Gasteiger partial charge in [0.15, 0.2) is 0 Å². The van der Waals surface area contributed by atoms with Crippen LogP contribution < -0.4 is 4.90 Å². The van der Waals surface area contributed by atoms with E-state index in [1.165, 1.54) is 32.6 Å². The third kappa shape index (κ3) is 5.13. The van der Waals surface area contributed by atoms with Gasteiger partial charge in [-0.15, -0.1) is 0 Å². The van der Waals surface area contributed by atoms with Gasteiger partial charge in [0.25, 0.3) is 0 Å². The Morgan fingerprint density at radius 3 is 1.78 bits per heavy atom.